The van der Waals surface area contributed by atoms with Crippen LogP contribution < -0.4 is 5.56 Å². The number of nitrogens with zero attached hydrogens (tertiary/aromatic N) is 5. The fraction of sp³-hybridized carbons (Fsp3) is 0.0476. The lowest BCUT2D eigenvalue weighted by molar-refractivity contribution is 0.749. The van der Waals surface area contributed by atoms with Crippen LogP contribution in [0.3, 0.4) is 0 Å². The molecule has 0 radical (unpaired) electrons. The number of fused-ring (bicyclic) bond motifs is 2. The van der Waals surface area contributed by atoms with Crippen molar-refractivity contribution in [3.63, 3.8) is 0 Å². The summed E-state index contributed by atoms with van der Waals surface area (Å²) in [5.41, 5.74) is 2.35. The molecule has 28 heavy (non-hydrogen) atoms. The highest BCUT2D eigenvalue weighted by atomic mass is 79.9. The molecule has 5 rings (SSSR count). The van der Waals surface area contributed by atoms with Crippen LogP contribution in [0.25, 0.3) is 27.6 Å². The van der Waals surface area contributed by atoms with Gasteiger partial charge in [0.15, 0.2) is 11.2 Å². The van der Waals surface area contributed by atoms with E-state index in [1.54, 1.807) is 15.6 Å². The third-order valence-electron chi connectivity index (χ3n) is 4.72. The van der Waals surface area contributed by atoms with Crippen molar-refractivity contribution in [2.45, 2.75) is 6.54 Å². The van der Waals surface area contributed by atoms with Crippen LogP contribution in [-0.2, 0) is 6.54 Å². The first-order chi connectivity index (χ1) is 13.7. The molecule has 0 unspecified atom stereocenters. The molecular weight excluding hydrogens is 418 g/mol. The monoisotopic (exact) mass is 431 g/mol. The van der Waals surface area contributed by atoms with Crippen molar-refractivity contribution < 1.29 is 0 Å². The Balaban J connectivity index is 1.59. The highest BCUT2D eigenvalue weighted by Crippen LogP contribution is 2.20. The van der Waals surface area contributed by atoms with Gasteiger partial charge in [-0.15, -0.1) is 5.10 Å². The van der Waals surface area contributed by atoms with Gasteiger partial charge in [0.05, 0.1) is 12.2 Å². The number of aromatic nitrogens is 5. The molecule has 6 nitrogen and oxygen atoms in total. The molecule has 0 saturated heterocycles. The van der Waals surface area contributed by atoms with Crippen molar-refractivity contribution in [2.75, 3.05) is 0 Å². The third kappa shape index (κ3) is 2.80. The molecule has 3 aromatic carbocycles. The highest BCUT2D eigenvalue weighted by molar-refractivity contribution is 9.10. The fourth-order valence-electron chi connectivity index (χ4n) is 3.33. The van der Waals surface area contributed by atoms with Crippen molar-refractivity contribution in [3.8, 4) is 5.69 Å². The van der Waals surface area contributed by atoms with Gasteiger partial charge in [0.1, 0.15) is 6.33 Å². The van der Waals surface area contributed by atoms with Crippen molar-refractivity contribution in [2.24, 2.45) is 0 Å². The van der Waals surface area contributed by atoms with E-state index in [9.17, 15) is 4.79 Å². The minimum atomic E-state index is -0.207. The van der Waals surface area contributed by atoms with Gasteiger partial charge in [0.2, 0.25) is 0 Å². The van der Waals surface area contributed by atoms with Crippen LogP contribution in [0.15, 0.2) is 82.3 Å². The summed E-state index contributed by atoms with van der Waals surface area (Å²) in [5, 5.41) is 10.5. The topological polar surface area (TPSA) is 65.6 Å². The zero-order chi connectivity index (χ0) is 19.1. The second-order valence-electron chi connectivity index (χ2n) is 6.47. The lowest BCUT2D eigenvalue weighted by Crippen LogP contribution is -2.21. The first-order valence-corrected chi connectivity index (χ1v) is 9.53. The smallest absolute Gasteiger partial charge is 0.283 e. The summed E-state index contributed by atoms with van der Waals surface area (Å²) in [4.78, 5) is 17.4. The van der Waals surface area contributed by atoms with E-state index in [0.29, 0.717) is 12.2 Å². The highest BCUT2D eigenvalue weighted by Gasteiger charge is 2.14. The summed E-state index contributed by atoms with van der Waals surface area (Å²) in [6.45, 7) is 0.425. The lowest BCUT2D eigenvalue weighted by Gasteiger charge is -2.09. The molecule has 0 N–H and O–H groups in total. The molecule has 0 atom stereocenters. The minimum absolute atomic E-state index is 0.207. The van der Waals surface area contributed by atoms with Crippen LogP contribution in [0, 0.1) is 0 Å². The minimum Gasteiger partial charge on any atom is -0.293 e. The van der Waals surface area contributed by atoms with Gasteiger partial charge in [-0.1, -0.05) is 63.6 Å². The van der Waals surface area contributed by atoms with Crippen molar-refractivity contribution in [3.05, 3.63) is 93.4 Å². The number of benzene rings is 3. The van der Waals surface area contributed by atoms with Crippen LogP contribution in [0.5, 0.6) is 0 Å². The van der Waals surface area contributed by atoms with E-state index in [4.69, 9.17) is 0 Å². The quantitative estimate of drug-likeness (QED) is 0.433. The summed E-state index contributed by atoms with van der Waals surface area (Å²) in [6, 6.07) is 21.8. The number of rotatable bonds is 3. The number of hydrogen-bond acceptors (Lipinski definition) is 4. The van der Waals surface area contributed by atoms with Gasteiger partial charge in [-0.05, 0) is 40.6 Å². The van der Waals surface area contributed by atoms with Crippen LogP contribution >= 0.6 is 15.9 Å². The maximum Gasteiger partial charge on any atom is 0.283 e. The Kier molecular flexibility index (Phi) is 4.02. The Labute approximate surface area is 168 Å². The van der Waals surface area contributed by atoms with Gasteiger partial charge in [-0.3, -0.25) is 9.36 Å². The van der Waals surface area contributed by atoms with Crippen molar-refractivity contribution in [1.82, 2.24) is 24.5 Å². The van der Waals surface area contributed by atoms with Gasteiger partial charge >= 0.3 is 0 Å². The van der Waals surface area contributed by atoms with E-state index >= 15 is 0 Å². The van der Waals surface area contributed by atoms with E-state index in [1.165, 1.54) is 0 Å². The molecule has 0 amide bonds. The van der Waals surface area contributed by atoms with Gasteiger partial charge in [0, 0.05) is 4.47 Å². The molecule has 2 heterocycles. The van der Waals surface area contributed by atoms with Gasteiger partial charge in [-0.2, -0.15) is 4.68 Å². The SMILES string of the molecule is O=c1c2nnn(-c3ccc(Br)cc3)c2ncn1Cc1cccc2ccccc12. The maximum absolute atomic E-state index is 13.0. The summed E-state index contributed by atoms with van der Waals surface area (Å²) < 4.78 is 4.11. The molecule has 0 aliphatic heterocycles. The fourth-order valence-corrected chi connectivity index (χ4v) is 3.59. The Bertz CT molecular complexity index is 1370. The maximum atomic E-state index is 13.0. The average molecular weight is 432 g/mol. The van der Waals surface area contributed by atoms with E-state index < -0.39 is 0 Å². The molecule has 0 spiro atoms. The average Bonchev–Trinajstić information content (AvgIpc) is 3.16. The van der Waals surface area contributed by atoms with E-state index in [1.807, 2.05) is 48.5 Å². The lowest BCUT2D eigenvalue weighted by atomic mass is 10.0. The molecule has 0 aliphatic carbocycles. The Hall–Kier alpha value is -3.32. The Morgan fingerprint density at radius 1 is 0.929 bits per heavy atom. The number of halogens is 1. The van der Waals surface area contributed by atoms with E-state index in [2.05, 4.69) is 49.4 Å². The number of hydrogen-bond donors (Lipinski definition) is 0. The van der Waals surface area contributed by atoms with Crippen LogP contribution in [0.1, 0.15) is 5.56 Å². The molecule has 0 saturated carbocycles. The van der Waals surface area contributed by atoms with Gasteiger partial charge in [0.25, 0.3) is 5.56 Å². The second kappa shape index (κ2) is 6.69. The van der Waals surface area contributed by atoms with E-state index in [0.717, 1.165) is 26.5 Å². The molecule has 0 fully saturated rings. The summed E-state index contributed by atoms with van der Waals surface area (Å²) in [6.07, 6.45) is 1.56. The Morgan fingerprint density at radius 3 is 2.57 bits per heavy atom. The van der Waals surface area contributed by atoms with E-state index in [-0.39, 0.29) is 11.1 Å². The molecule has 0 aliphatic rings. The predicted octanol–water partition coefficient (Wildman–Crippen LogP) is 3.94. The zero-order valence-corrected chi connectivity index (χ0v) is 16.2. The molecule has 0 bridgehead atoms. The van der Waals surface area contributed by atoms with Crippen LogP contribution in [0.2, 0.25) is 0 Å². The first-order valence-electron chi connectivity index (χ1n) is 8.74. The van der Waals surface area contributed by atoms with Gasteiger partial charge < -0.3 is 0 Å². The summed E-state index contributed by atoms with van der Waals surface area (Å²) in [7, 11) is 0. The molecule has 2 aromatic heterocycles. The standard InChI is InChI=1S/C21H14BrN5O/c22-16-8-10-17(11-9-16)27-20-19(24-25-27)21(28)26(13-23-20)12-15-6-3-5-14-4-1-2-7-18(14)15/h1-11,13H,12H2. The first kappa shape index (κ1) is 16.8. The van der Waals surface area contributed by atoms with Crippen LogP contribution in [0.4, 0.5) is 0 Å². The third-order valence-corrected chi connectivity index (χ3v) is 5.25. The van der Waals surface area contributed by atoms with Crippen LogP contribution in [-0.4, -0.2) is 24.5 Å². The molecule has 7 heteroatoms. The molecule has 136 valence electrons. The second-order valence-corrected chi connectivity index (χ2v) is 7.38. The Morgan fingerprint density at radius 2 is 1.71 bits per heavy atom. The largest absolute Gasteiger partial charge is 0.293 e. The predicted molar refractivity (Wildman–Crippen MR) is 112 cm³/mol. The normalized spacial score (nSPS) is 11.3. The van der Waals surface area contributed by atoms with Gasteiger partial charge in [-0.25, -0.2) is 4.98 Å². The molecule has 5 aromatic rings. The molecular formula is C21H14BrN5O. The zero-order valence-electron chi connectivity index (χ0n) is 14.7. The summed E-state index contributed by atoms with van der Waals surface area (Å²) >= 11 is 3.41. The van der Waals surface area contributed by atoms with Crippen molar-refractivity contribution >= 4 is 37.9 Å². The summed E-state index contributed by atoms with van der Waals surface area (Å²) in [5.74, 6) is 0. The van der Waals surface area contributed by atoms with Crippen molar-refractivity contribution in [1.29, 1.82) is 0 Å².